The molecule has 1 aliphatic rings. The van der Waals surface area contributed by atoms with E-state index in [9.17, 15) is 14.7 Å². The number of carbonyl (C=O) groups excluding carboxylic acids is 1. The van der Waals surface area contributed by atoms with Crippen LogP contribution in [-0.2, 0) is 29.1 Å². The lowest BCUT2D eigenvalue weighted by atomic mass is 10.0. The number of hydrogen-bond donors (Lipinski definition) is 2. The monoisotopic (exact) mass is 409 g/mol. The van der Waals surface area contributed by atoms with Gasteiger partial charge in [0.15, 0.2) is 0 Å². The highest BCUT2D eigenvalue weighted by Gasteiger charge is 2.32. The summed E-state index contributed by atoms with van der Waals surface area (Å²) in [6, 6.07) is 18.0. The minimum Gasteiger partial charge on any atom is -0.480 e. The van der Waals surface area contributed by atoms with Crippen LogP contribution in [0.1, 0.15) is 43.4 Å². The molecule has 2 unspecified atom stereocenters. The van der Waals surface area contributed by atoms with Crippen LogP contribution in [0.3, 0.4) is 0 Å². The van der Waals surface area contributed by atoms with E-state index < -0.39 is 12.0 Å². The molecule has 6 heteroatoms. The van der Waals surface area contributed by atoms with Gasteiger partial charge in [-0.3, -0.25) is 14.6 Å². The second-order valence-electron chi connectivity index (χ2n) is 7.90. The fourth-order valence-corrected chi connectivity index (χ4v) is 3.97. The number of carboxylic acids is 1. The van der Waals surface area contributed by atoms with Crippen molar-refractivity contribution >= 4 is 11.9 Å². The fraction of sp³-hybridized carbons (Fsp3) is 0.417. The van der Waals surface area contributed by atoms with E-state index >= 15 is 0 Å². The molecule has 1 heterocycles. The molecule has 30 heavy (non-hydrogen) atoms. The number of aryl methyl sites for hydroxylation is 1. The quantitative estimate of drug-likeness (QED) is 0.630. The van der Waals surface area contributed by atoms with Crippen molar-refractivity contribution in [2.24, 2.45) is 0 Å². The Labute approximate surface area is 178 Å². The van der Waals surface area contributed by atoms with Gasteiger partial charge in [0.05, 0.1) is 6.04 Å². The van der Waals surface area contributed by atoms with Crippen LogP contribution >= 0.6 is 0 Å². The maximum atomic E-state index is 13.2. The Morgan fingerprint density at radius 2 is 1.67 bits per heavy atom. The lowest BCUT2D eigenvalue weighted by Gasteiger charge is -2.33. The van der Waals surface area contributed by atoms with Gasteiger partial charge in [-0.1, -0.05) is 61.5 Å². The van der Waals surface area contributed by atoms with E-state index in [2.05, 4.69) is 24.4 Å². The third-order valence-electron chi connectivity index (χ3n) is 5.68. The van der Waals surface area contributed by atoms with Crippen molar-refractivity contribution in [1.82, 2.24) is 15.3 Å². The molecular formula is C24H31N3O3. The van der Waals surface area contributed by atoms with Crippen LogP contribution in [0.25, 0.3) is 0 Å². The van der Waals surface area contributed by atoms with E-state index in [4.69, 9.17) is 0 Å². The molecule has 0 saturated heterocycles. The molecule has 0 fully saturated rings. The number of fused-ring (bicyclic) bond motifs is 1. The average Bonchev–Trinajstić information content (AvgIpc) is 3.18. The van der Waals surface area contributed by atoms with Crippen LogP contribution in [0.2, 0.25) is 0 Å². The molecule has 0 aliphatic carbocycles. The summed E-state index contributed by atoms with van der Waals surface area (Å²) >= 11 is 0. The Bertz CT molecular complexity index is 831. The van der Waals surface area contributed by atoms with E-state index in [0.29, 0.717) is 13.1 Å². The summed E-state index contributed by atoms with van der Waals surface area (Å²) in [6.45, 7) is 4.69. The summed E-state index contributed by atoms with van der Waals surface area (Å²) in [6.07, 6.45) is 2.76. The molecular weight excluding hydrogens is 378 g/mol. The zero-order valence-corrected chi connectivity index (χ0v) is 17.8. The molecule has 2 aromatic carbocycles. The van der Waals surface area contributed by atoms with Gasteiger partial charge in [0, 0.05) is 19.1 Å². The molecule has 0 bridgehead atoms. The molecule has 2 aromatic rings. The number of hydrazine groups is 1. The van der Waals surface area contributed by atoms with Crippen molar-refractivity contribution in [3.63, 3.8) is 0 Å². The number of nitrogens with one attached hydrogen (secondary N) is 1. The SMILES string of the molecule is CCC(CCc1ccccc1)NC(C)C(=O)N(CC(=O)O)N1Cc2ccccc2C1. The van der Waals surface area contributed by atoms with Crippen molar-refractivity contribution in [3.05, 3.63) is 71.3 Å². The van der Waals surface area contributed by atoms with Crippen molar-refractivity contribution in [2.45, 2.75) is 58.3 Å². The number of aliphatic carboxylic acids is 1. The van der Waals surface area contributed by atoms with Gasteiger partial charge in [-0.25, -0.2) is 5.01 Å². The second kappa shape index (κ2) is 10.4. The maximum Gasteiger partial charge on any atom is 0.324 e. The van der Waals surface area contributed by atoms with E-state index in [-0.39, 0.29) is 18.5 Å². The Morgan fingerprint density at radius 1 is 1.07 bits per heavy atom. The Kier molecular flexibility index (Phi) is 7.60. The Morgan fingerprint density at radius 3 is 2.23 bits per heavy atom. The molecule has 3 rings (SSSR count). The van der Waals surface area contributed by atoms with Crippen molar-refractivity contribution in [2.75, 3.05) is 6.54 Å². The lowest BCUT2D eigenvalue weighted by Crippen LogP contribution is -2.54. The van der Waals surface area contributed by atoms with Crippen LogP contribution in [0.5, 0.6) is 0 Å². The number of rotatable bonds is 10. The standard InChI is InChI=1S/C24H31N3O3/c1-3-22(14-13-19-9-5-4-6-10-19)25-18(2)24(30)27(17-23(28)29)26-15-20-11-7-8-12-21(20)16-26/h4-12,18,22,25H,3,13-17H2,1-2H3,(H,28,29). The Balaban J connectivity index is 1.62. The number of carboxylic acid groups (broad SMARTS) is 1. The first kappa shape index (κ1) is 22.0. The number of carbonyl (C=O) groups is 2. The summed E-state index contributed by atoms with van der Waals surface area (Å²) in [5.41, 5.74) is 3.55. The maximum absolute atomic E-state index is 13.2. The van der Waals surface area contributed by atoms with Gasteiger partial charge in [0.2, 0.25) is 0 Å². The van der Waals surface area contributed by atoms with E-state index in [1.807, 2.05) is 54.4 Å². The highest BCUT2D eigenvalue weighted by molar-refractivity contribution is 5.84. The van der Waals surface area contributed by atoms with Gasteiger partial charge in [-0.2, -0.15) is 0 Å². The predicted molar refractivity (Wildman–Crippen MR) is 116 cm³/mol. The molecule has 1 aliphatic heterocycles. The zero-order valence-electron chi connectivity index (χ0n) is 17.8. The van der Waals surface area contributed by atoms with Crippen LogP contribution in [0.15, 0.2) is 54.6 Å². The normalized spacial score (nSPS) is 15.4. The Hall–Kier alpha value is -2.70. The summed E-state index contributed by atoms with van der Waals surface area (Å²) < 4.78 is 0. The predicted octanol–water partition coefficient (Wildman–Crippen LogP) is 3.22. The van der Waals surface area contributed by atoms with Crippen molar-refractivity contribution in [3.8, 4) is 0 Å². The van der Waals surface area contributed by atoms with Gasteiger partial charge < -0.3 is 10.4 Å². The third kappa shape index (κ3) is 5.68. The van der Waals surface area contributed by atoms with Gasteiger partial charge >= 0.3 is 5.97 Å². The highest BCUT2D eigenvalue weighted by atomic mass is 16.4. The van der Waals surface area contributed by atoms with Gasteiger partial charge in [0.1, 0.15) is 6.54 Å². The van der Waals surface area contributed by atoms with Crippen LogP contribution in [0, 0.1) is 0 Å². The molecule has 0 saturated carbocycles. The third-order valence-corrected chi connectivity index (χ3v) is 5.68. The topological polar surface area (TPSA) is 72.9 Å². The summed E-state index contributed by atoms with van der Waals surface area (Å²) in [7, 11) is 0. The number of hydrogen-bond acceptors (Lipinski definition) is 4. The highest BCUT2D eigenvalue weighted by Crippen LogP contribution is 2.24. The van der Waals surface area contributed by atoms with Gasteiger partial charge in [-0.15, -0.1) is 0 Å². The molecule has 0 radical (unpaired) electrons. The summed E-state index contributed by atoms with van der Waals surface area (Å²) in [5.74, 6) is -1.22. The fourth-order valence-electron chi connectivity index (χ4n) is 3.97. The smallest absolute Gasteiger partial charge is 0.324 e. The van der Waals surface area contributed by atoms with E-state index in [1.54, 1.807) is 0 Å². The van der Waals surface area contributed by atoms with Crippen molar-refractivity contribution in [1.29, 1.82) is 0 Å². The summed E-state index contributed by atoms with van der Waals surface area (Å²) in [4.78, 5) is 24.7. The number of benzene rings is 2. The average molecular weight is 410 g/mol. The first-order chi connectivity index (χ1) is 14.5. The number of nitrogens with zero attached hydrogens (tertiary/aromatic N) is 2. The summed E-state index contributed by atoms with van der Waals surface area (Å²) in [5, 5.41) is 16.0. The van der Waals surface area contributed by atoms with E-state index in [0.717, 1.165) is 30.4 Å². The first-order valence-corrected chi connectivity index (χ1v) is 10.6. The van der Waals surface area contributed by atoms with E-state index in [1.165, 1.54) is 10.6 Å². The minimum atomic E-state index is -1.01. The molecule has 2 atom stereocenters. The molecule has 2 N–H and O–H groups in total. The second-order valence-corrected chi connectivity index (χ2v) is 7.90. The van der Waals surface area contributed by atoms with Crippen molar-refractivity contribution < 1.29 is 14.7 Å². The first-order valence-electron chi connectivity index (χ1n) is 10.6. The molecule has 160 valence electrons. The largest absolute Gasteiger partial charge is 0.480 e. The minimum absolute atomic E-state index is 0.187. The molecule has 6 nitrogen and oxygen atoms in total. The molecule has 1 amide bonds. The van der Waals surface area contributed by atoms with Gasteiger partial charge in [-0.05, 0) is 42.9 Å². The molecule has 0 aromatic heterocycles. The number of amides is 1. The molecule has 0 spiro atoms. The van der Waals surface area contributed by atoms with Crippen LogP contribution < -0.4 is 5.32 Å². The van der Waals surface area contributed by atoms with Crippen LogP contribution in [-0.4, -0.2) is 45.6 Å². The zero-order chi connectivity index (χ0) is 21.5. The van der Waals surface area contributed by atoms with Crippen LogP contribution in [0.4, 0.5) is 0 Å². The lowest BCUT2D eigenvalue weighted by molar-refractivity contribution is -0.162. The van der Waals surface area contributed by atoms with Gasteiger partial charge in [0.25, 0.3) is 5.91 Å².